The Kier molecular flexibility index (Phi) is 43.4. The van der Waals surface area contributed by atoms with Gasteiger partial charge in [-0.1, -0.05) is 176 Å². The van der Waals surface area contributed by atoms with Crippen LogP contribution in [0.25, 0.3) is 0 Å². The van der Waals surface area contributed by atoms with Crippen molar-refractivity contribution in [3.63, 3.8) is 0 Å². The summed E-state index contributed by atoms with van der Waals surface area (Å²) in [7, 11) is 1.14. The molecule has 0 fully saturated rings. The summed E-state index contributed by atoms with van der Waals surface area (Å²) in [6.45, 7) is 4.06. The van der Waals surface area contributed by atoms with Gasteiger partial charge >= 0.3 is 11.9 Å². The zero-order valence-electron chi connectivity index (χ0n) is 41.4. The highest BCUT2D eigenvalue weighted by atomic mass is 31.2. The highest BCUT2D eigenvalue weighted by molar-refractivity contribution is 7.45. The van der Waals surface area contributed by atoms with E-state index in [1.54, 1.807) is 0 Å². The number of likely N-dealkylation sites (N-methyl/N-ethyl adjacent to an activating group) is 1. The number of phosphoric ester groups is 1. The molecule has 0 saturated heterocycles. The molecule has 2 atom stereocenters. The van der Waals surface area contributed by atoms with E-state index in [-0.39, 0.29) is 26.1 Å². The van der Waals surface area contributed by atoms with Gasteiger partial charge in [0.15, 0.2) is 6.10 Å². The molecule has 0 rings (SSSR count). The molecule has 0 aliphatic carbocycles. The fraction of sp³-hybridized carbons (Fsp3) is 0.704. The van der Waals surface area contributed by atoms with Gasteiger partial charge in [-0.05, 0) is 89.9 Å². The topological polar surface area (TPSA) is 111 Å². The SMILES string of the molecule is CC/C=C\C/C=C\C/C=C\C/C=C\CCCCCCCCCCC(=O)OC(COC(=O)CCCCCCCC/C=C\C/C=C\C/C=C\CCCCC)COP(=O)([O-])OCC[N+](C)(C)C. The van der Waals surface area contributed by atoms with Gasteiger partial charge in [-0.15, -0.1) is 0 Å². The van der Waals surface area contributed by atoms with Crippen LogP contribution >= 0.6 is 7.82 Å². The number of rotatable bonds is 45. The van der Waals surface area contributed by atoms with Gasteiger partial charge in [-0.2, -0.15) is 0 Å². The largest absolute Gasteiger partial charge is 0.756 e. The van der Waals surface area contributed by atoms with E-state index in [1.807, 2.05) is 21.1 Å². The number of hydrogen-bond donors (Lipinski definition) is 0. The van der Waals surface area contributed by atoms with Gasteiger partial charge in [0.25, 0.3) is 7.82 Å². The molecule has 0 saturated carbocycles. The third-order valence-corrected chi connectivity index (χ3v) is 11.4. The predicted molar refractivity (Wildman–Crippen MR) is 268 cm³/mol. The molecule has 10 heteroatoms. The number of carbonyl (C=O) groups excluding carboxylic acids is 2. The van der Waals surface area contributed by atoms with Gasteiger partial charge in [0, 0.05) is 12.8 Å². The molecule has 0 aromatic rings. The predicted octanol–water partition coefficient (Wildman–Crippen LogP) is 14.5. The Labute approximate surface area is 392 Å². The molecule has 0 bridgehead atoms. The monoisotopic (exact) mass is 916 g/mol. The molecule has 0 amide bonds. The Hall–Kier alpha value is -2.81. The molecule has 0 heterocycles. The van der Waals surface area contributed by atoms with Crippen LogP contribution in [-0.2, 0) is 32.7 Å². The highest BCUT2D eigenvalue weighted by Gasteiger charge is 2.21. The molecule has 0 spiro atoms. The lowest BCUT2D eigenvalue weighted by molar-refractivity contribution is -0.870. The minimum atomic E-state index is -4.64. The maximum atomic E-state index is 12.7. The fourth-order valence-electron chi connectivity index (χ4n) is 6.48. The van der Waals surface area contributed by atoms with Gasteiger partial charge in [-0.25, -0.2) is 0 Å². The molecular weight excluding hydrogens is 822 g/mol. The number of quaternary nitrogens is 1. The average Bonchev–Trinajstić information content (AvgIpc) is 3.25. The van der Waals surface area contributed by atoms with Gasteiger partial charge in [0.1, 0.15) is 19.8 Å². The van der Waals surface area contributed by atoms with Crippen LogP contribution < -0.4 is 4.89 Å². The highest BCUT2D eigenvalue weighted by Crippen LogP contribution is 2.38. The Morgan fingerprint density at radius 3 is 1.33 bits per heavy atom. The van der Waals surface area contributed by atoms with Crippen LogP contribution in [0.5, 0.6) is 0 Å². The van der Waals surface area contributed by atoms with Crippen LogP contribution in [0.3, 0.4) is 0 Å². The number of esters is 2. The van der Waals surface area contributed by atoms with Crippen molar-refractivity contribution in [2.45, 2.75) is 200 Å². The molecule has 9 nitrogen and oxygen atoms in total. The first-order valence-electron chi connectivity index (χ1n) is 25.3. The van der Waals surface area contributed by atoms with E-state index in [4.69, 9.17) is 18.5 Å². The van der Waals surface area contributed by atoms with Gasteiger partial charge in [-0.3, -0.25) is 14.2 Å². The van der Waals surface area contributed by atoms with Crippen molar-refractivity contribution < 1.29 is 42.1 Å². The van der Waals surface area contributed by atoms with Crippen molar-refractivity contribution in [3.8, 4) is 0 Å². The molecule has 64 heavy (non-hydrogen) atoms. The summed E-state index contributed by atoms with van der Waals surface area (Å²) in [6.07, 6.45) is 58.9. The van der Waals surface area contributed by atoms with Crippen LogP contribution in [0, 0.1) is 0 Å². The summed E-state index contributed by atoms with van der Waals surface area (Å²) in [5, 5.41) is 0. The lowest BCUT2D eigenvalue weighted by atomic mass is 10.1. The Balaban J connectivity index is 4.32. The third-order valence-electron chi connectivity index (χ3n) is 10.4. The summed E-state index contributed by atoms with van der Waals surface area (Å²) >= 11 is 0. The zero-order valence-corrected chi connectivity index (χ0v) is 42.3. The van der Waals surface area contributed by atoms with Crippen molar-refractivity contribution >= 4 is 19.8 Å². The third kappa shape index (κ3) is 48.6. The van der Waals surface area contributed by atoms with Crippen molar-refractivity contribution in [2.24, 2.45) is 0 Å². The summed E-state index contributed by atoms with van der Waals surface area (Å²) < 4.78 is 34.0. The van der Waals surface area contributed by atoms with E-state index in [0.29, 0.717) is 23.9 Å². The first-order valence-corrected chi connectivity index (χ1v) is 26.8. The van der Waals surface area contributed by atoms with Gasteiger partial charge < -0.3 is 27.9 Å². The molecule has 0 N–H and O–H groups in total. The number of unbranched alkanes of at least 4 members (excludes halogenated alkanes) is 17. The lowest BCUT2D eigenvalue weighted by Crippen LogP contribution is -2.37. The van der Waals surface area contributed by atoms with E-state index in [2.05, 4.69) is 98.9 Å². The molecule has 0 aliphatic heterocycles. The van der Waals surface area contributed by atoms with E-state index in [1.165, 1.54) is 51.4 Å². The molecule has 0 aromatic heterocycles. The maximum Gasteiger partial charge on any atom is 0.306 e. The Morgan fingerprint density at radius 2 is 0.891 bits per heavy atom. The minimum Gasteiger partial charge on any atom is -0.756 e. The zero-order chi connectivity index (χ0) is 47.1. The molecule has 0 aromatic carbocycles. The van der Waals surface area contributed by atoms with Crippen LogP contribution in [0.15, 0.2) is 85.1 Å². The van der Waals surface area contributed by atoms with E-state index in [0.717, 1.165) is 103 Å². The number of carbonyl (C=O) groups is 2. The molecular formula is C54H94NO8P. The van der Waals surface area contributed by atoms with Crippen molar-refractivity contribution in [2.75, 3.05) is 47.5 Å². The molecule has 0 radical (unpaired) electrons. The normalized spacial score (nSPS) is 14.2. The van der Waals surface area contributed by atoms with Crippen molar-refractivity contribution in [3.05, 3.63) is 85.1 Å². The van der Waals surface area contributed by atoms with Crippen LogP contribution in [0.4, 0.5) is 0 Å². The van der Waals surface area contributed by atoms with E-state index >= 15 is 0 Å². The summed E-state index contributed by atoms with van der Waals surface area (Å²) in [6, 6.07) is 0. The van der Waals surface area contributed by atoms with Crippen LogP contribution in [0.2, 0.25) is 0 Å². The number of nitrogens with zero attached hydrogens (tertiary/aromatic N) is 1. The van der Waals surface area contributed by atoms with E-state index in [9.17, 15) is 19.0 Å². The second-order valence-electron chi connectivity index (χ2n) is 17.8. The number of hydrogen-bond acceptors (Lipinski definition) is 8. The standard InChI is InChI=1S/C54H94NO8P/c1-6-8-10-12-14-16-18-20-22-24-26-27-29-31-33-35-37-39-41-43-45-47-54(57)63-52(51-62-64(58,59)61-49-48-55(3,4)5)50-60-53(56)46-44-42-40-38-36-34-32-30-28-25-23-21-19-17-15-13-11-9-7-2/h8,10,14-17,20-23,26-28,30,52H,6-7,9,11-13,18-19,24-25,29,31-51H2,1-5H3/b10-8-,16-14-,17-15-,22-20-,23-21-,27-26-,30-28-. The molecule has 2 unspecified atom stereocenters. The van der Waals surface area contributed by atoms with E-state index < -0.39 is 32.5 Å². The number of allylic oxidation sites excluding steroid dienone is 14. The van der Waals surface area contributed by atoms with Gasteiger partial charge in [0.2, 0.25) is 0 Å². The molecule has 368 valence electrons. The van der Waals surface area contributed by atoms with Crippen LogP contribution in [0.1, 0.15) is 194 Å². The summed E-state index contributed by atoms with van der Waals surface area (Å²) in [5.41, 5.74) is 0. The number of ether oxygens (including phenoxy) is 2. The molecule has 0 aliphatic rings. The maximum absolute atomic E-state index is 12.7. The Bertz CT molecular complexity index is 1360. The fourth-order valence-corrected chi connectivity index (χ4v) is 7.20. The smallest absolute Gasteiger partial charge is 0.306 e. The summed E-state index contributed by atoms with van der Waals surface area (Å²) in [5.74, 6) is -0.863. The van der Waals surface area contributed by atoms with Gasteiger partial charge in [0.05, 0.1) is 27.7 Å². The first kappa shape index (κ1) is 61.2. The lowest BCUT2D eigenvalue weighted by Gasteiger charge is -2.28. The van der Waals surface area contributed by atoms with Crippen LogP contribution in [-0.4, -0.2) is 70.0 Å². The first-order chi connectivity index (χ1) is 31.0. The second-order valence-corrected chi connectivity index (χ2v) is 19.2. The Morgan fingerprint density at radius 1 is 0.500 bits per heavy atom. The second kappa shape index (κ2) is 45.4. The quantitative estimate of drug-likeness (QED) is 0.0195. The minimum absolute atomic E-state index is 0.0393. The summed E-state index contributed by atoms with van der Waals surface area (Å²) in [4.78, 5) is 37.7. The average molecular weight is 916 g/mol. The van der Waals surface area contributed by atoms with Crippen molar-refractivity contribution in [1.82, 2.24) is 0 Å². The number of phosphoric acid groups is 1. The van der Waals surface area contributed by atoms with Crippen molar-refractivity contribution in [1.29, 1.82) is 0 Å².